The molecule has 0 fully saturated rings. The predicted octanol–water partition coefficient (Wildman–Crippen LogP) is 4.45. The van der Waals surface area contributed by atoms with Gasteiger partial charge < -0.3 is 9.30 Å². The van der Waals surface area contributed by atoms with Crippen LogP contribution in [0.15, 0.2) is 82.3 Å². The molecule has 0 saturated heterocycles. The van der Waals surface area contributed by atoms with E-state index in [9.17, 15) is 9.59 Å². The lowest BCUT2D eigenvalue weighted by molar-refractivity contribution is 0.103. The van der Waals surface area contributed by atoms with E-state index in [0.717, 1.165) is 15.6 Å². The first-order valence-electron chi connectivity index (χ1n) is 8.98. The minimum atomic E-state index is -0.362. The molecule has 0 bridgehead atoms. The zero-order valence-electron chi connectivity index (χ0n) is 15.6. The summed E-state index contributed by atoms with van der Waals surface area (Å²) in [5, 5.41) is 0.509. The van der Waals surface area contributed by atoms with Gasteiger partial charge in [0.25, 0.3) is 0 Å². The Morgan fingerprint density at radius 3 is 2.66 bits per heavy atom. The maximum Gasteiger partial charge on any atom is 0.212 e. The number of aromatic nitrogens is 2. The monoisotopic (exact) mass is 448 g/mol. The number of carbonyl (C=O) groups is 1. The number of rotatable bonds is 5. The van der Waals surface area contributed by atoms with Crippen LogP contribution in [-0.2, 0) is 6.54 Å². The molecule has 0 N–H and O–H groups in total. The number of benzene rings is 2. The number of pyridine rings is 2. The number of nitrogens with zero attached hydrogens (tertiary/aromatic N) is 2. The molecule has 2 aromatic heterocycles. The van der Waals surface area contributed by atoms with Crippen molar-refractivity contribution in [2.75, 3.05) is 7.11 Å². The number of ketones is 1. The first-order chi connectivity index (χ1) is 14.1. The largest absolute Gasteiger partial charge is 0.481 e. The second kappa shape index (κ2) is 8.01. The maximum absolute atomic E-state index is 13.1. The Morgan fingerprint density at radius 1 is 1.10 bits per heavy atom. The van der Waals surface area contributed by atoms with Gasteiger partial charge in [0.05, 0.1) is 18.2 Å². The highest BCUT2D eigenvalue weighted by Gasteiger charge is 2.17. The van der Waals surface area contributed by atoms with E-state index in [1.807, 2.05) is 41.0 Å². The number of hydrogen-bond acceptors (Lipinski definition) is 4. The third-order valence-electron chi connectivity index (χ3n) is 4.68. The molecule has 0 amide bonds. The number of methoxy groups -OCH3 is 1. The van der Waals surface area contributed by atoms with Gasteiger partial charge in [0.1, 0.15) is 0 Å². The van der Waals surface area contributed by atoms with Gasteiger partial charge in [-0.3, -0.25) is 9.59 Å². The first kappa shape index (κ1) is 19.1. The Labute approximate surface area is 175 Å². The number of ether oxygens (including phenoxy) is 1. The highest BCUT2D eigenvalue weighted by Crippen LogP contribution is 2.18. The molecule has 0 aliphatic heterocycles. The molecule has 5 nitrogen and oxygen atoms in total. The van der Waals surface area contributed by atoms with Gasteiger partial charge in [0.2, 0.25) is 11.3 Å². The van der Waals surface area contributed by atoms with Crippen LogP contribution in [0.25, 0.3) is 10.9 Å². The Hall–Kier alpha value is -3.25. The van der Waals surface area contributed by atoms with Crippen molar-refractivity contribution in [1.82, 2.24) is 9.55 Å². The van der Waals surface area contributed by atoms with E-state index < -0.39 is 0 Å². The summed E-state index contributed by atoms with van der Waals surface area (Å²) in [4.78, 5) is 30.2. The van der Waals surface area contributed by atoms with Gasteiger partial charge >= 0.3 is 0 Å². The summed E-state index contributed by atoms with van der Waals surface area (Å²) in [6.07, 6.45) is 3.06. The van der Waals surface area contributed by atoms with Crippen molar-refractivity contribution in [1.29, 1.82) is 0 Å². The zero-order valence-corrected chi connectivity index (χ0v) is 17.2. The molecule has 4 rings (SSSR count). The molecule has 0 saturated carbocycles. The van der Waals surface area contributed by atoms with Crippen molar-refractivity contribution in [3.05, 3.63) is 104 Å². The smallest absolute Gasteiger partial charge is 0.212 e. The summed E-state index contributed by atoms with van der Waals surface area (Å²) in [6, 6.07) is 18.5. The van der Waals surface area contributed by atoms with E-state index in [-0.39, 0.29) is 16.8 Å². The molecule has 0 aliphatic rings. The Kier molecular flexibility index (Phi) is 5.27. The molecule has 0 spiro atoms. The number of para-hydroxylation sites is 1. The SMILES string of the molecule is COc1ccc(C(=O)c2cn(Cc3cccc(Br)c3)c3ccccc3c2=O)cn1. The number of carbonyl (C=O) groups excluding carboxylic acids is 1. The molecular formula is C23H17BrN2O3. The number of fused-ring (bicyclic) bond motifs is 1. The van der Waals surface area contributed by atoms with Crippen LogP contribution in [0, 0.1) is 0 Å². The number of hydrogen-bond donors (Lipinski definition) is 0. The average Bonchev–Trinajstić information content (AvgIpc) is 2.75. The topological polar surface area (TPSA) is 61.2 Å². The van der Waals surface area contributed by atoms with Crippen LogP contribution >= 0.6 is 15.9 Å². The fourth-order valence-electron chi connectivity index (χ4n) is 3.26. The van der Waals surface area contributed by atoms with Crippen LogP contribution in [-0.4, -0.2) is 22.4 Å². The molecule has 2 aromatic carbocycles. The summed E-state index contributed by atoms with van der Waals surface area (Å²) >= 11 is 3.49. The lowest BCUT2D eigenvalue weighted by Gasteiger charge is -2.14. The third-order valence-corrected chi connectivity index (χ3v) is 5.18. The van der Waals surface area contributed by atoms with E-state index in [0.29, 0.717) is 23.4 Å². The zero-order chi connectivity index (χ0) is 20.4. The standard InChI is InChI=1S/C23H17BrN2O3/c1-29-21-10-9-16(12-25-21)22(27)19-14-26(13-15-5-4-6-17(24)11-15)20-8-3-2-7-18(20)23(19)28/h2-12,14H,13H2,1H3. The second-order valence-corrected chi connectivity index (χ2v) is 7.48. The second-order valence-electron chi connectivity index (χ2n) is 6.57. The number of halogens is 1. The van der Waals surface area contributed by atoms with Gasteiger partial charge in [-0.1, -0.05) is 40.2 Å². The molecule has 0 unspecified atom stereocenters. The fraction of sp³-hybridized carbons (Fsp3) is 0.0870. The van der Waals surface area contributed by atoms with E-state index in [1.54, 1.807) is 30.5 Å². The van der Waals surface area contributed by atoms with Crippen LogP contribution in [0.3, 0.4) is 0 Å². The quantitative estimate of drug-likeness (QED) is 0.423. The predicted molar refractivity (Wildman–Crippen MR) is 116 cm³/mol. The lowest BCUT2D eigenvalue weighted by Crippen LogP contribution is -2.20. The average molecular weight is 449 g/mol. The summed E-state index contributed by atoms with van der Waals surface area (Å²) in [6.45, 7) is 0.529. The summed E-state index contributed by atoms with van der Waals surface area (Å²) < 4.78 is 7.95. The van der Waals surface area contributed by atoms with Crippen molar-refractivity contribution < 1.29 is 9.53 Å². The van der Waals surface area contributed by atoms with E-state index in [4.69, 9.17) is 4.74 Å². The van der Waals surface area contributed by atoms with Crippen molar-refractivity contribution >= 4 is 32.6 Å². The summed E-state index contributed by atoms with van der Waals surface area (Å²) in [5.41, 5.74) is 2.00. The molecule has 2 heterocycles. The van der Waals surface area contributed by atoms with Crippen LogP contribution in [0.4, 0.5) is 0 Å². The maximum atomic E-state index is 13.1. The van der Waals surface area contributed by atoms with Gasteiger partial charge in [-0.2, -0.15) is 0 Å². The van der Waals surface area contributed by atoms with Gasteiger partial charge in [0.15, 0.2) is 5.78 Å². The van der Waals surface area contributed by atoms with Crippen molar-refractivity contribution in [3.8, 4) is 5.88 Å². The minimum absolute atomic E-state index is 0.116. The highest BCUT2D eigenvalue weighted by atomic mass is 79.9. The minimum Gasteiger partial charge on any atom is -0.481 e. The van der Waals surface area contributed by atoms with Gasteiger partial charge in [-0.05, 0) is 35.9 Å². The molecule has 144 valence electrons. The van der Waals surface area contributed by atoms with E-state index in [1.165, 1.54) is 13.3 Å². The van der Waals surface area contributed by atoms with Gasteiger partial charge in [0, 0.05) is 40.4 Å². The molecule has 0 radical (unpaired) electrons. The van der Waals surface area contributed by atoms with Crippen LogP contribution in [0.1, 0.15) is 21.5 Å². The Morgan fingerprint density at radius 2 is 1.93 bits per heavy atom. The molecule has 29 heavy (non-hydrogen) atoms. The van der Waals surface area contributed by atoms with Gasteiger partial charge in [-0.25, -0.2) is 4.98 Å². The normalized spacial score (nSPS) is 10.8. The molecule has 6 heteroatoms. The van der Waals surface area contributed by atoms with E-state index in [2.05, 4.69) is 20.9 Å². The lowest BCUT2D eigenvalue weighted by atomic mass is 10.0. The van der Waals surface area contributed by atoms with Crippen LogP contribution in [0.2, 0.25) is 0 Å². The van der Waals surface area contributed by atoms with Crippen LogP contribution < -0.4 is 10.2 Å². The molecule has 0 aliphatic carbocycles. The van der Waals surface area contributed by atoms with Crippen molar-refractivity contribution in [3.63, 3.8) is 0 Å². The highest BCUT2D eigenvalue weighted by molar-refractivity contribution is 9.10. The molecule has 4 aromatic rings. The first-order valence-corrected chi connectivity index (χ1v) is 9.77. The Bertz CT molecular complexity index is 1260. The van der Waals surface area contributed by atoms with E-state index >= 15 is 0 Å². The summed E-state index contributed by atoms with van der Waals surface area (Å²) in [5.74, 6) is 0.0472. The molecular weight excluding hydrogens is 432 g/mol. The Balaban J connectivity index is 1.84. The van der Waals surface area contributed by atoms with Crippen LogP contribution in [0.5, 0.6) is 5.88 Å². The third kappa shape index (κ3) is 3.84. The summed E-state index contributed by atoms with van der Waals surface area (Å²) in [7, 11) is 1.51. The fourth-order valence-corrected chi connectivity index (χ4v) is 3.71. The van der Waals surface area contributed by atoms with Crippen molar-refractivity contribution in [2.24, 2.45) is 0 Å². The van der Waals surface area contributed by atoms with Crippen molar-refractivity contribution in [2.45, 2.75) is 6.54 Å². The molecule has 0 atom stereocenters. The van der Waals surface area contributed by atoms with Gasteiger partial charge in [-0.15, -0.1) is 0 Å².